The molecule has 2 aromatic carbocycles. The molecule has 7 nitrogen and oxygen atoms in total. The Kier molecular flexibility index (Phi) is 7.95. The van der Waals surface area contributed by atoms with Gasteiger partial charge in [0.1, 0.15) is 23.9 Å². The Morgan fingerprint density at radius 2 is 1.82 bits per heavy atom. The Morgan fingerprint density at radius 3 is 2.45 bits per heavy atom. The average molecular weight is 565 g/mol. The summed E-state index contributed by atoms with van der Waals surface area (Å²) in [5.74, 6) is 1.45. The van der Waals surface area contributed by atoms with Gasteiger partial charge in [-0.25, -0.2) is 9.07 Å². The number of piperidine rings is 1. The largest absolute Gasteiger partial charge is 0.497 e. The Balaban J connectivity index is 1.70. The molecule has 9 heteroatoms. The zero-order chi connectivity index (χ0) is 28.6. The highest BCUT2D eigenvalue weighted by Gasteiger charge is 2.40. The average Bonchev–Trinajstić information content (AvgIpc) is 3.26. The van der Waals surface area contributed by atoms with Crippen molar-refractivity contribution < 1.29 is 18.7 Å². The van der Waals surface area contributed by atoms with Crippen LogP contribution in [0.15, 0.2) is 48.5 Å². The molecule has 3 heterocycles. The lowest BCUT2D eigenvalue weighted by atomic mass is 9.87. The third kappa shape index (κ3) is 5.61. The molecule has 0 bridgehead atoms. The molecule has 1 unspecified atom stereocenters. The summed E-state index contributed by atoms with van der Waals surface area (Å²) in [6.07, 6.45) is 1.92. The van der Waals surface area contributed by atoms with E-state index in [4.69, 9.17) is 9.84 Å². The lowest BCUT2D eigenvalue weighted by Gasteiger charge is -2.32. The number of methoxy groups -OCH3 is 1. The lowest BCUT2D eigenvalue weighted by Crippen LogP contribution is -2.46. The summed E-state index contributed by atoms with van der Waals surface area (Å²) in [4.78, 5) is 30.9. The second kappa shape index (κ2) is 11.3. The summed E-state index contributed by atoms with van der Waals surface area (Å²) < 4.78 is 21.6. The highest BCUT2D eigenvalue weighted by Crippen LogP contribution is 2.48. The maximum absolute atomic E-state index is 14.5. The number of rotatable bonds is 5. The van der Waals surface area contributed by atoms with Crippen molar-refractivity contribution in [3.05, 3.63) is 71.2 Å². The first-order valence-corrected chi connectivity index (χ1v) is 14.8. The van der Waals surface area contributed by atoms with Gasteiger partial charge in [0.15, 0.2) is 0 Å². The second-order valence-electron chi connectivity index (χ2n) is 11.7. The number of carbonyl (C=O) groups is 2. The van der Waals surface area contributed by atoms with Gasteiger partial charge < -0.3 is 9.64 Å². The van der Waals surface area contributed by atoms with E-state index in [0.717, 1.165) is 35.3 Å². The molecule has 0 N–H and O–H groups in total. The molecule has 40 heavy (non-hydrogen) atoms. The number of amides is 2. The van der Waals surface area contributed by atoms with E-state index < -0.39 is 0 Å². The summed E-state index contributed by atoms with van der Waals surface area (Å²) in [5, 5.41) is 4.75. The van der Waals surface area contributed by atoms with Crippen LogP contribution in [-0.2, 0) is 15.0 Å². The van der Waals surface area contributed by atoms with Crippen molar-refractivity contribution in [3.8, 4) is 11.4 Å². The van der Waals surface area contributed by atoms with Crippen molar-refractivity contribution in [2.45, 2.75) is 51.2 Å². The molecule has 2 amide bonds. The van der Waals surface area contributed by atoms with E-state index in [9.17, 15) is 14.0 Å². The van der Waals surface area contributed by atoms with Gasteiger partial charge in [-0.05, 0) is 60.7 Å². The summed E-state index contributed by atoms with van der Waals surface area (Å²) >= 11 is 1.45. The van der Waals surface area contributed by atoms with Crippen molar-refractivity contribution in [2.75, 3.05) is 37.4 Å². The monoisotopic (exact) mass is 564 g/mol. The molecule has 212 valence electrons. The molecule has 0 aliphatic carbocycles. The number of likely N-dealkylation sites (tertiary alicyclic amines) is 1. The van der Waals surface area contributed by atoms with E-state index in [-0.39, 0.29) is 40.6 Å². The van der Waals surface area contributed by atoms with Gasteiger partial charge in [0.25, 0.3) is 0 Å². The fourth-order valence-corrected chi connectivity index (χ4v) is 6.59. The van der Waals surface area contributed by atoms with Crippen molar-refractivity contribution in [3.63, 3.8) is 0 Å². The number of halogens is 1. The number of thioether (sulfide) groups is 1. The van der Waals surface area contributed by atoms with Crippen LogP contribution in [0.1, 0.15) is 62.6 Å². The number of fused-ring (bicyclic) bond motifs is 1. The number of hydrogen-bond donors (Lipinski definition) is 0. The predicted molar refractivity (Wildman–Crippen MR) is 157 cm³/mol. The third-order valence-corrected chi connectivity index (χ3v) is 8.95. The van der Waals surface area contributed by atoms with Gasteiger partial charge in [-0.3, -0.25) is 14.5 Å². The number of ether oxygens (including phenoxy) is 1. The minimum atomic E-state index is -0.389. The fraction of sp³-hybridized carbons (Fsp3) is 0.452. The van der Waals surface area contributed by atoms with Crippen LogP contribution in [0.2, 0.25) is 0 Å². The van der Waals surface area contributed by atoms with E-state index in [0.29, 0.717) is 30.6 Å². The normalized spacial score (nSPS) is 18.4. The SMILES string of the molecule is COc1ccc(-n2nc(C(C)(C)C)c3c2N(CC(=O)N2CCC(C)CC2)C(=O)CSC3c2cccc(F)c2)cc1. The minimum absolute atomic E-state index is 0.0674. The molecule has 1 aromatic heterocycles. The number of carbonyl (C=O) groups excluding carboxylic acids is 2. The quantitative estimate of drug-likeness (QED) is 0.395. The van der Waals surface area contributed by atoms with Gasteiger partial charge in [0.2, 0.25) is 11.8 Å². The van der Waals surface area contributed by atoms with Crippen LogP contribution >= 0.6 is 11.8 Å². The Morgan fingerprint density at radius 1 is 1.12 bits per heavy atom. The molecule has 0 radical (unpaired) electrons. The maximum Gasteiger partial charge on any atom is 0.242 e. The third-order valence-electron chi connectivity index (χ3n) is 7.70. The fourth-order valence-electron chi connectivity index (χ4n) is 5.40. The van der Waals surface area contributed by atoms with Crippen LogP contribution in [0.4, 0.5) is 10.2 Å². The molecule has 0 spiro atoms. The number of benzene rings is 2. The van der Waals surface area contributed by atoms with Gasteiger partial charge >= 0.3 is 0 Å². The molecule has 1 fully saturated rings. The van der Waals surface area contributed by atoms with Gasteiger partial charge in [-0.1, -0.05) is 39.8 Å². The van der Waals surface area contributed by atoms with Crippen molar-refractivity contribution in [1.29, 1.82) is 0 Å². The molecule has 2 aliphatic rings. The van der Waals surface area contributed by atoms with Crippen molar-refractivity contribution >= 4 is 29.4 Å². The highest BCUT2D eigenvalue weighted by molar-refractivity contribution is 8.00. The first-order chi connectivity index (χ1) is 19.1. The molecule has 1 saturated heterocycles. The van der Waals surface area contributed by atoms with Crippen LogP contribution in [-0.4, -0.2) is 59.0 Å². The van der Waals surface area contributed by atoms with E-state index in [2.05, 4.69) is 27.7 Å². The van der Waals surface area contributed by atoms with Crippen LogP contribution in [0, 0.1) is 11.7 Å². The van der Waals surface area contributed by atoms with E-state index >= 15 is 0 Å². The summed E-state index contributed by atoms with van der Waals surface area (Å²) in [6, 6.07) is 14.0. The number of anilines is 1. The summed E-state index contributed by atoms with van der Waals surface area (Å²) in [7, 11) is 1.61. The summed E-state index contributed by atoms with van der Waals surface area (Å²) in [5.41, 5.74) is 2.76. The molecular formula is C31H37FN4O3S. The molecule has 2 aliphatic heterocycles. The molecule has 0 saturated carbocycles. The van der Waals surface area contributed by atoms with Gasteiger partial charge in [0.05, 0.1) is 29.5 Å². The molecule has 1 atom stereocenters. The smallest absolute Gasteiger partial charge is 0.242 e. The molecular weight excluding hydrogens is 527 g/mol. The van der Waals surface area contributed by atoms with E-state index in [1.54, 1.807) is 22.8 Å². The lowest BCUT2D eigenvalue weighted by molar-refractivity contribution is -0.132. The predicted octanol–water partition coefficient (Wildman–Crippen LogP) is 5.75. The summed E-state index contributed by atoms with van der Waals surface area (Å²) in [6.45, 7) is 9.77. The Labute approximate surface area is 239 Å². The van der Waals surface area contributed by atoms with Gasteiger partial charge in [0, 0.05) is 24.1 Å². The van der Waals surface area contributed by atoms with Crippen LogP contribution in [0.3, 0.4) is 0 Å². The molecule has 5 rings (SSSR count). The zero-order valence-electron chi connectivity index (χ0n) is 23.8. The Hall–Kier alpha value is -3.33. The van der Waals surface area contributed by atoms with Crippen LogP contribution in [0.25, 0.3) is 5.69 Å². The minimum Gasteiger partial charge on any atom is -0.497 e. The standard InChI is InChI=1S/C31H37FN4O3S/c1-20-13-15-34(16-14-20)25(37)18-35-26(38)19-40-28(21-7-6-8-22(32)17-21)27-29(31(2,3)4)33-36(30(27)35)23-9-11-24(39-5)12-10-23/h6-12,17,20,28H,13-16,18-19H2,1-5H3. The van der Waals surface area contributed by atoms with Crippen molar-refractivity contribution in [2.24, 2.45) is 5.92 Å². The molecule has 3 aromatic rings. The Bertz CT molecular complexity index is 1390. The van der Waals surface area contributed by atoms with Gasteiger partial charge in [-0.15, -0.1) is 11.8 Å². The van der Waals surface area contributed by atoms with E-state index in [1.807, 2.05) is 35.2 Å². The highest BCUT2D eigenvalue weighted by atomic mass is 32.2. The number of hydrogen-bond acceptors (Lipinski definition) is 5. The first-order valence-electron chi connectivity index (χ1n) is 13.8. The van der Waals surface area contributed by atoms with Gasteiger partial charge in [-0.2, -0.15) is 5.10 Å². The topological polar surface area (TPSA) is 67.7 Å². The number of nitrogens with zero attached hydrogens (tertiary/aromatic N) is 4. The number of aromatic nitrogens is 2. The second-order valence-corrected chi connectivity index (χ2v) is 12.8. The van der Waals surface area contributed by atoms with E-state index in [1.165, 1.54) is 23.9 Å². The zero-order valence-corrected chi connectivity index (χ0v) is 24.6. The van der Waals surface area contributed by atoms with Crippen LogP contribution < -0.4 is 9.64 Å². The first kappa shape index (κ1) is 28.2. The van der Waals surface area contributed by atoms with Crippen molar-refractivity contribution in [1.82, 2.24) is 14.7 Å². The maximum atomic E-state index is 14.5. The van der Waals surface area contributed by atoms with Crippen LogP contribution in [0.5, 0.6) is 5.75 Å².